The van der Waals surface area contributed by atoms with E-state index in [9.17, 15) is 14.4 Å². The number of aryl methyl sites for hydroxylation is 1. The van der Waals surface area contributed by atoms with Crippen LogP contribution in [0.25, 0.3) is 0 Å². The van der Waals surface area contributed by atoms with Gasteiger partial charge in [0.1, 0.15) is 6.04 Å². The number of nitrogens with one attached hydrogen (secondary N) is 1. The van der Waals surface area contributed by atoms with Gasteiger partial charge in [-0.25, -0.2) is 4.79 Å². The number of ether oxygens (including phenoxy) is 1. The number of ketones is 1. The van der Waals surface area contributed by atoms with Gasteiger partial charge in [0.05, 0.1) is 17.6 Å². The molecule has 8 nitrogen and oxygen atoms in total. The lowest BCUT2D eigenvalue weighted by Crippen LogP contribution is -2.63. The lowest BCUT2D eigenvalue weighted by atomic mass is 9.71. The summed E-state index contributed by atoms with van der Waals surface area (Å²) in [7, 11) is 0. The third-order valence-corrected chi connectivity index (χ3v) is 13.6. The van der Waals surface area contributed by atoms with E-state index in [4.69, 9.17) is 16.3 Å². The summed E-state index contributed by atoms with van der Waals surface area (Å²) in [5.41, 5.74) is 1.75. The Balaban J connectivity index is 1.03. The fraction of sp³-hybridized carbons (Fsp3) is 0.558. The smallest absolute Gasteiger partial charge is 0.409 e. The number of Topliss-reactive ketones (excluding diaryl/α,β-unsaturated/α-hetero) is 1. The van der Waals surface area contributed by atoms with E-state index in [1.807, 2.05) is 17.5 Å². The second kappa shape index (κ2) is 17.9. The molecule has 0 bridgehead atoms. The highest BCUT2D eigenvalue weighted by Crippen LogP contribution is 2.44. The number of rotatable bonds is 12. The van der Waals surface area contributed by atoms with Gasteiger partial charge in [0.25, 0.3) is 0 Å². The molecule has 0 unspecified atom stereocenters. The van der Waals surface area contributed by atoms with Crippen LogP contribution >= 0.6 is 22.9 Å². The normalized spacial score (nSPS) is 24.7. The number of carbonyl (C=O) groups excluding carboxylic acids is 3. The van der Waals surface area contributed by atoms with Crippen LogP contribution in [0, 0.1) is 11.3 Å². The summed E-state index contributed by atoms with van der Waals surface area (Å²) in [6, 6.07) is 20.9. The number of likely N-dealkylation sites (tertiary alicyclic amines) is 1. The van der Waals surface area contributed by atoms with Gasteiger partial charge in [-0.1, -0.05) is 92.2 Å². The topological polar surface area (TPSA) is 82.2 Å². The van der Waals surface area contributed by atoms with Gasteiger partial charge in [0.2, 0.25) is 5.91 Å². The molecule has 53 heavy (non-hydrogen) atoms. The number of piperazine rings is 1. The zero-order valence-electron chi connectivity index (χ0n) is 30.9. The van der Waals surface area contributed by atoms with Gasteiger partial charge >= 0.3 is 6.09 Å². The molecule has 4 fully saturated rings. The summed E-state index contributed by atoms with van der Waals surface area (Å²) in [6.07, 6.45) is 12.9. The first-order chi connectivity index (χ1) is 25.8. The molecular weight excluding hydrogens is 704 g/mol. The van der Waals surface area contributed by atoms with Gasteiger partial charge in [-0.3, -0.25) is 14.5 Å². The molecule has 2 atom stereocenters. The summed E-state index contributed by atoms with van der Waals surface area (Å²) >= 11 is 7.93. The van der Waals surface area contributed by atoms with E-state index in [-0.39, 0.29) is 36.1 Å². The van der Waals surface area contributed by atoms with Crippen molar-refractivity contribution < 1.29 is 19.1 Å². The quantitative estimate of drug-likeness (QED) is 0.200. The Hall–Kier alpha value is -3.24. The lowest BCUT2D eigenvalue weighted by Gasteiger charge is -2.43. The Morgan fingerprint density at radius 2 is 1.66 bits per heavy atom. The van der Waals surface area contributed by atoms with Gasteiger partial charge in [-0.2, -0.15) is 0 Å². The van der Waals surface area contributed by atoms with E-state index >= 15 is 0 Å². The summed E-state index contributed by atoms with van der Waals surface area (Å²) in [5.74, 6) is 0.783. The minimum atomic E-state index is -0.727. The van der Waals surface area contributed by atoms with Crippen LogP contribution in [0.5, 0.6) is 5.75 Å². The number of thiophene rings is 1. The number of nitrogens with zero attached hydrogens (tertiary/aromatic N) is 3. The van der Waals surface area contributed by atoms with E-state index in [0.29, 0.717) is 42.3 Å². The van der Waals surface area contributed by atoms with Crippen molar-refractivity contribution in [1.29, 1.82) is 0 Å². The average molecular weight is 759 g/mol. The molecule has 1 N–H and O–H groups in total. The maximum Gasteiger partial charge on any atom is 0.415 e. The lowest BCUT2D eigenvalue weighted by molar-refractivity contribution is -0.145. The van der Waals surface area contributed by atoms with Crippen LogP contribution in [-0.4, -0.2) is 83.3 Å². The molecule has 2 aromatic carbocycles. The third kappa shape index (κ3) is 9.90. The van der Waals surface area contributed by atoms with E-state index in [1.165, 1.54) is 44.1 Å². The number of hydrogen-bond donors (Lipinski definition) is 1. The standard InChI is InChI=1S/C43H55ClN4O4S/c44-36-15-7-8-16-40(36)52-42(51)47-25-26-48(38(30-47)39(49)18-17-35-14-9-27-53-35)41(50)37(28-32-10-3-1-4-11-32)45-34-19-21-43(22-20-34)23-24-46(31-43)29-33-12-5-2-6-13-33/h2,5-9,12-16,27,32,34,37-38,45H,1,3-4,10-11,17-26,28-31H2/t34?,37-,38+,43?/m1/s1. The average Bonchev–Trinajstić information content (AvgIpc) is 3.86. The number of halogens is 1. The van der Waals surface area contributed by atoms with Crippen molar-refractivity contribution in [2.45, 2.75) is 108 Å². The molecule has 3 heterocycles. The Labute approximate surface area is 324 Å². The number of benzene rings is 2. The summed E-state index contributed by atoms with van der Waals surface area (Å²) < 4.78 is 5.68. The molecule has 2 aliphatic carbocycles. The second-order valence-corrected chi connectivity index (χ2v) is 17.5. The minimum Gasteiger partial charge on any atom is -0.409 e. The predicted molar refractivity (Wildman–Crippen MR) is 211 cm³/mol. The van der Waals surface area contributed by atoms with E-state index < -0.39 is 12.1 Å². The minimum absolute atomic E-state index is 0.0133. The molecule has 2 saturated heterocycles. The monoisotopic (exact) mass is 758 g/mol. The van der Waals surface area contributed by atoms with Crippen molar-refractivity contribution in [2.75, 3.05) is 32.7 Å². The fourth-order valence-corrected chi connectivity index (χ4v) is 10.2. The van der Waals surface area contributed by atoms with Crippen molar-refractivity contribution in [3.05, 3.63) is 87.6 Å². The van der Waals surface area contributed by atoms with Crippen LogP contribution in [0.2, 0.25) is 5.02 Å². The third-order valence-electron chi connectivity index (χ3n) is 12.4. The molecule has 7 rings (SSSR count). The van der Waals surface area contributed by atoms with Crippen LogP contribution in [0.4, 0.5) is 4.79 Å². The Morgan fingerprint density at radius 1 is 0.887 bits per heavy atom. The van der Waals surface area contributed by atoms with Gasteiger partial charge in [-0.05, 0) is 92.0 Å². The molecule has 10 heteroatoms. The first-order valence-electron chi connectivity index (χ1n) is 19.9. The largest absolute Gasteiger partial charge is 0.415 e. The van der Waals surface area contributed by atoms with Crippen molar-refractivity contribution in [3.8, 4) is 5.75 Å². The maximum absolute atomic E-state index is 14.8. The van der Waals surface area contributed by atoms with Gasteiger partial charge < -0.3 is 19.9 Å². The van der Waals surface area contributed by atoms with E-state index in [1.54, 1.807) is 45.4 Å². The van der Waals surface area contributed by atoms with Gasteiger partial charge in [-0.15, -0.1) is 11.3 Å². The molecule has 0 radical (unpaired) electrons. The first kappa shape index (κ1) is 38.1. The number of carbonyl (C=O) groups is 3. The van der Waals surface area contributed by atoms with Crippen LogP contribution in [0.1, 0.15) is 87.5 Å². The van der Waals surface area contributed by atoms with Crippen molar-refractivity contribution in [3.63, 3.8) is 0 Å². The maximum atomic E-state index is 14.8. The summed E-state index contributed by atoms with van der Waals surface area (Å²) in [4.78, 5) is 49.4. The summed E-state index contributed by atoms with van der Waals surface area (Å²) in [5, 5.41) is 6.28. The van der Waals surface area contributed by atoms with Crippen LogP contribution in [-0.2, 0) is 22.6 Å². The molecule has 2 amide bonds. The SMILES string of the molecule is O=C(CCc1cccs1)[C@@H]1CN(C(=O)Oc2ccccc2Cl)CCN1C(=O)[C@@H](CC1CCCCC1)NC1CCC2(CC1)CCN(Cc1ccccc1)C2. The number of para-hydroxylation sites is 1. The van der Waals surface area contributed by atoms with Crippen LogP contribution in [0.15, 0.2) is 72.1 Å². The van der Waals surface area contributed by atoms with Crippen molar-refractivity contribution >= 4 is 40.7 Å². The highest BCUT2D eigenvalue weighted by atomic mass is 35.5. The molecular formula is C43H55ClN4O4S. The predicted octanol–water partition coefficient (Wildman–Crippen LogP) is 8.38. The summed E-state index contributed by atoms with van der Waals surface area (Å²) in [6.45, 7) is 4.01. The zero-order chi connectivity index (χ0) is 36.6. The molecule has 1 aromatic heterocycles. The van der Waals surface area contributed by atoms with Gasteiger partial charge in [0.15, 0.2) is 11.5 Å². The molecule has 284 valence electrons. The Kier molecular flexibility index (Phi) is 12.9. The van der Waals surface area contributed by atoms with E-state index in [2.05, 4.69) is 40.5 Å². The molecule has 2 aliphatic heterocycles. The Bertz CT molecular complexity index is 1660. The molecule has 4 aliphatic rings. The van der Waals surface area contributed by atoms with Gasteiger partial charge in [0, 0.05) is 43.5 Å². The number of hydrogen-bond acceptors (Lipinski definition) is 7. The highest BCUT2D eigenvalue weighted by Gasteiger charge is 2.44. The van der Waals surface area contributed by atoms with Crippen LogP contribution in [0.3, 0.4) is 0 Å². The van der Waals surface area contributed by atoms with Crippen molar-refractivity contribution in [2.24, 2.45) is 11.3 Å². The molecule has 1 spiro atoms. The Morgan fingerprint density at radius 3 is 2.42 bits per heavy atom. The van der Waals surface area contributed by atoms with Crippen LogP contribution < -0.4 is 10.1 Å². The fourth-order valence-electron chi connectivity index (χ4n) is 9.33. The number of amides is 2. The second-order valence-electron chi connectivity index (χ2n) is 16.0. The molecule has 3 aromatic rings. The zero-order valence-corrected chi connectivity index (χ0v) is 32.5. The van der Waals surface area contributed by atoms with Crippen molar-refractivity contribution in [1.82, 2.24) is 20.0 Å². The first-order valence-corrected chi connectivity index (χ1v) is 21.2. The van der Waals surface area contributed by atoms with E-state index in [0.717, 1.165) is 56.6 Å². The molecule has 2 saturated carbocycles. The highest BCUT2D eigenvalue weighted by molar-refractivity contribution is 7.09.